The Morgan fingerprint density at radius 2 is 1.87 bits per heavy atom. The molecule has 1 atom stereocenters. The second-order valence-corrected chi connectivity index (χ2v) is 2.68. The smallest absolute Gasteiger partial charge is 0.328 e. The summed E-state index contributed by atoms with van der Waals surface area (Å²) in [5.41, 5.74) is 0. The monoisotopic (exact) mass is 236 g/mol. The third-order valence-corrected chi connectivity index (χ3v) is 1.49. The zero-order valence-electron chi connectivity index (χ0n) is 7.86. The molecule has 1 N–H and O–H groups in total. The van der Waals surface area contributed by atoms with Gasteiger partial charge in [0.2, 0.25) is 0 Å². The molecule has 1 unspecified atom stereocenters. The first kappa shape index (κ1) is 14.0. The second-order valence-electron chi connectivity index (χ2n) is 2.68. The standard InChI is InChI=1S/C6H9F5N2O2/c1-12-3-13(2)4(14)5(7,15-11)6(8,9)10/h12H,3H2,1-2H3. The average molecular weight is 236 g/mol. The van der Waals surface area contributed by atoms with E-state index in [0.29, 0.717) is 4.90 Å². The molecule has 0 saturated heterocycles. The molecule has 9 heteroatoms. The fraction of sp³-hybridized carbons (Fsp3) is 0.833. The van der Waals surface area contributed by atoms with Crippen molar-refractivity contribution in [3.8, 4) is 0 Å². The van der Waals surface area contributed by atoms with Crippen LogP contribution in [0.25, 0.3) is 0 Å². The van der Waals surface area contributed by atoms with Gasteiger partial charge in [-0.15, -0.1) is 4.94 Å². The van der Waals surface area contributed by atoms with Crippen LogP contribution in [0.15, 0.2) is 0 Å². The van der Waals surface area contributed by atoms with Gasteiger partial charge in [0.15, 0.2) is 0 Å². The van der Waals surface area contributed by atoms with E-state index >= 15 is 0 Å². The van der Waals surface area contributed by atoms with Crippen molar-refractivity contribution in [3.05, 3.63) is 0 Å². The first-order chi connectivity index (χ1) is 6.70. The molecular formula is C6H9F5N2O2. The highest BCUT2D eigenvalue weighted by Gasteiger charge is 2.66. The zero-order valence-corrected chi connectivity index (χ0v) is 7.86. The number of hydrogen-bond donors (Lipinski definition) is 1. The Morgan fingerprint density at radius 1 is 1.40 bits per heavy atom. The summed E-state index contributed by atoms with van der Waals surface area (Å²) in [4.78, 5) is 13.3. The van der Waals surface area contributed by atoms with Crippen LogP contribution in [0.5, 0.6) is 0 Å². The second kappa shape index (κ2) is 4.71. The Hall–Kier alpha value is -0.960. The Morgan fingerprint density at radius 3 is 2.13 bits per heavy atom. The Bertz CT molecular complexity index is 234. The van der Waals surface area contributed by atoms with Gasteiger partial charge in [-0.25, -0.2) is 0 Å². The lowest BCUT2D eigenvalue weighted by atomic mass is 10.2. The zero-order chi connectivity index (χ0) is 12.3. The molecule has 90 valence electrons. The van der Waals surface area contributed by atoms with Crippen molar-refractivity contribution in [2.75, 3.05) is 20.8 Å². The Labute approximate surface area is 81.9 Å². The van der Waals surface area contributed by atoms with Crippen LogP contribution < -0.4 is 5.32 Å². The summed E-state index contributed by atoms with van der Waals surface area (Å²) in [6.45, 7) is -0.385. The van der Waals surface area contributed by atoms with Crippen LogP contribution in [0.3, 0.4) is 0 Å². The highest BCUT2D eigenvalue weighted by atomic mass is 19.4. The van der Waals surface area contributed by atoms with Crippen molar-refractivity contribution < 1.29 is 31.8 Å². The van der Waals surface area contributed by atoms with Gasteiger partial charge in [-0.2, -0.15) is 17.6 Å². The van der Waals surface area contributed by atoms with Gasteiger partial charge >= 0.3 is 17.9 Å². The number of halogens is 5. The van der Waals surface area contributed by atoms with Crippen molar-refractivity contribution in [1.82, 2.24) is 10.2 Å². The van der Waals surface area contributed by atoms with E-state index in [2.05, 4.69) is 10.3 Å². The number of nitrogens with one attached hydrogen (secondary N) is 1. The molecule has 0 heterocycles. The molecule has 0 rings (SSSR count). The molecule has 0 aliphatic rings. The third kappa shape index (κ3) is 2.75. The molecule has 4 nitrogen and oxygen atoms in total. The molecule has 0 aromatic rings. The number of carbonyl (C=O) groups is 1. The lowest BCUT2D eigenvalue weighted by Crippen LogP contribution is -2.55. The molecule has 0 aliphatic heterocycles. The molecule has 1 amide bonds. The SMILES string of the molecule is CNCN(C)C(=O)C(F)(OF)C(F)(F)F. The summed E-state index contributed by atoms with van der Waals surface area (Å²) in [6.07, 6.45) is -5.78. The van der Waals surface area contributed by atoms with Gasteiger partial charge in [0.05, 0.1) is 6.67 Å². The molecule has 0 aromatic carbocycles. The lowest BCUT2D eigenvalue weighted by Gasteiger charge is -2.26. The van der Waals surface area contributed by atoms with Gasteiger partial charge in [-0.3, -0.25) is 4.79 Å². The van der Waals surface area contributed by atoms with Crippen LogP contribution in [0, 0.1) is 0 Å². The summed E-state index contributed by atoms with van der Waals surface area (Å²) in [7, 11) is 2.17. The van der Waals surface area contributed by atoms with E-state index in [1.165, 1.54) is 7.05 Å². The Kier molecular flexibility index (Phi) is 4.41. The van der Waals surface area contributed by atoms with Crippen LogP contribution >= 0.6 is 0 Å². The first-order valence-electron chi connectivity index (χ1n) is 3.66. The molecule has 0 aliphatic carbocycles. The lowest BCUT2D eigenvalue weighted by molar-refractivity contribution is -0.383. The van der Waals surface area contributed by atoms with Gasteiger partial charge in [0.25, 0.3) is 0 Å². The molecule has 0 aromatic heterocycles. The van der Waals surface area contributed by atoms with Crippen molar-refractivity contribution in [2.45, 2.75) is 12.0 Å². The van der Waals surface area contributed by atoms with Crippen LogP contribution in [0.2, 0.25) is 0 Å². The van der Waals surface area contributed by atoms with E-state index in [1.807, 2.05) is 0 Å². The predicted molar refractivity (Wildman–Crippen MR) is 38.8 cm³/mol. The van der Waals surface area contributed by atoms with Gasteiger partial charge in [0.1, 0.15) is 0 Å². The number of likely N-dealkylation sites (N-methyl/N-ethyl adjacent to an activating group) is 1. The van der Waals surface area contributed by atoms with Crippen LogP contribution in [0.1, 0.15) is 0 Å². The van der Waals surface area contributed by atoms with Crippen LogP contribution in [-0.4, -0.2) is 43.6 Å². The molecule has 0 spiro atoms. The van der Waals surface area contributed by atoms with Gasteiger partial charge in [-0.1, -0.05) is 0 Å². The van der Waals surface area contributed by atoms with Gasteiger partial charge in [0, 0.05) is 7.05 Å². The topological polar surface area (TPSA) is 41.6 Å². The normalized spacial score (nSPS) is 15.9. The highest BCUT2D eigenvalue weighted by molar-refractivity contribution is 5.84. The average Bonchev–Trinajstić information content (AvgIpc) is 2.14. The number of nitrogens with zero attached hydrogens (tertiary/aromatic N) is 1. The predicted octanol–water partition coefficient (Wildman–Crippen LogP) is 0.751. The molecular weight excluding hydrogens is 227 g/mol. The largest absolute Gasteiger partial charge is 0.461 e. The van der Waals surface area contributed by atoms with E-state index < -0.39 is 17.9 Å². The van der Waals surface area contributed by atoms with Crippen molar-refractivity contribution in [1.29, 1.82) is 0 Å². The molecule has 0 fully saturated rings. The summed E-state index contributed by atoms with van der Waals surface area (Å²) >= 11 is 0. The maximum atomic E-state index is 12.9. The summed E-state index contributed by atoms with van der Waals surface area (Å²) in [5.74, 6) is -7.13. The number of alkyl halides is 4. The van der Waals surface area contributed by atoms with E-state index in [0.717, 1.165) is 7.05 Å². The quantitative estimate of drug-likeness (QED) is 0.578. The highest BCUT2D eigenvalue weighted by Crippen LogP contribution is 2.36. The maximum absolute atomic E-state index is 12.9. The fourth-order valence-electron chi connectivity index (χ4n) is 0.752. The van der Waals surface area contributed by atoms with E-state index in [4.69, 9.17) is 0 Å². The van der Waals surface area contributed by atoms with E-state index in [-0.39, 0.29) is 6.67 Å². The third-order valence-electron chi connectivity index (χ3n) is 1.49. The molecule has 0 radical (unpaired) electrons. The minimum absolute atomic E-state index is 0.299. The fourth-order valence-corrected chi connectivity index (χ4v) is 0.752. The Balaban J connectivity index is 4.89. The molecule has 15 heavy (non-hydrogen) atoms. The molecule has 0 bridgehead atoms. The number of hydrogen-bond acceptors (Lipinski definition) is 3. The van der Waals surface area contributed by atoms with Gasteiger partial charge in [-0.05, 0) is 11.6 Å². The minimum atomic E-state index is -5.78. The van der Waals surface area contributed by atoms with Crippen molar-refractivity contribution in [2.24, 2.45) is 0 Å². The van der Waals surface area contributed by atoms with E-state index in [9.17, 15) is 26.9 Å². The maximum Gasteiger partial charge on any atom is 0.461 e. The van der Waals surface area contributed by atoms with Crippen LogP contribution in [-0.2, 0) is 9.74 Å². The van der Waals surface area contributed by atoms with Gasteiger partial charge < -0.3 is 10.2 Å². The number of amides is 1. The van der Waals surface area contributed by atoms with E-state index in [1.54, 1.807) is 0 Å². The summed E-state index contributed by atoms with van der Waals surface area (Å²) < 4.78 is 60.2. The van der Waals surface area contributed by atoms with Crippen molar-refractivity contribution >= 4 is 5.91 Å². The first-order valence-corrected chi connectivity index (χ1v) is 3.66. The minimum Gasteiger partial charge on any atom is -0.328 e. The van der Waals surface area contributed by atoms with Crippen LogP contribution in [0.4, 0.5) is 22.1 Å². The number of rotatable bonds is 4. The summed E-state index contributed by atoms with van der Waals surface area (Å²) in [6, 6.07) is 0. The van der Waals surface area contributed by atoms with Crippen molar-refractivity contribution in [3.63, 3.8) is 0 Å². The summed E-state index contributed by atoms with van der Waals surface area (Å²) in [5, 5.41) is 2.29. The number of carbonyl (C=O) groups excluding carboxylic acids is 1. The molecule has 0 saturated carbocycles.